The Morgan fingerprint density at radius 3 is 2.83 bits per heavy atom. The first-order valence-corrected chi connectivity index (χ1v) is 7.61. The van der Waals surface area contributed by atoms with Crippen molar-refractivity contribution in [2.24, 2.45) is 0 Å². The molecule has 0 spiro atoms. The van der Waals surface area contributed by atoms with Crippen LogP contribution in [0.15, 0.2) is 48.7 Å². The topological polar surface area (TPSA) is 54.6 Å². The molecule has 0 radical (unpaired) electrons. The summed E-state index contributed by atoms with van der Waals surface area (Å²) in [5.41, 5.74) is 2.35. The molecule has 4 nitrogen and oxygen atoms in total. The van der Waals surface area contributed by atoms with Crippen molar-refractivity contribution in [2.45, 2.75) is 6.42 Å². The van der Waals surface area contributed by atoms with Crippen LogP contribution in [0.4, 0.5) is 0 Å². The number of pyridine rings is 1. The Hall–Kier alpha value is -2.30. The lowest BCUT2D eigenvalue weighted by molar-refractivity contribution is -0.131. The number of carbonyl (C=O) groups is 1. The van der Waals surface area contributed by atoms with Gasteiger partial charge in [0.25, 0.3) is 0 Å². The number of hydrogen-bond donors (Lipinski definition) is 1. The molecular formula is C17H12Cl2N2O2. The first-order chi connectivity index (χ1) is 11.0. The number of nitrogens with zero attached hydrogens (tertiary/aromatic N) is 2. The number of imidazole rings is 1. The van der Waals surface area contributed by atoms with Gasteiger partial charge in [-0.1, -0.05) is 35.3 Å². The summed E-state index contributed by atoms with van der Waals surface area (Å²) in [6.45, 7) is 0. The van der Waals surface area contributed by atoms with E-state index >= 15 is 0 Å². The molecule has 2 aromatic heterocycles. The molecule has 6 heteroatoms. The van der Waals surface area contributed by atoms with E-state index in [1.54, 1.807) is 12.1 Å². The fourth-order valence-electron chi connectivity index (χ4n) is 2.36. The number of aromatic nitrogens is 2. The van der Waals surface area contributed by atoms with Gasteiger partial charge in [-0.2, -0.15) is 0 Å². The van der Waals surface area contributed by atoms with Crippen molar-refractivity contribution >= 4 is 40.8 Å². The van der Waals surface area contributed by atoms with Gasteiger partial charge in [-0.25, -0.2) is 9.78 Å². The van der Waals surface area contributed by atoms with Crippen LogP contribution in [0.25, 0.3) is 11.6 Å². The monoisotopic (exact) mass is 346 g/mol. The molecule has 0 unspecified atom stereocenters. The van der Waals surface area contributed by atoms with Crippen LogP contribution in [0.2, 0.25) is 10.0 Å². The van der Waals surface area contributed by atoms with Crippen molar-refractivity contribution in [3.05, 3.63) is 75.8 Å². The van der Waals surface area contributed by atoms with Gasteiger partial charge in [-0.3, -0.25) is 0 Å². The summed E-state index contributed by atoms with van der Waals surface area (Å²) >= 11 is 12.1. The first kappa shape index (κ1) is 15.6. The van der Waals surface area contributed by atoms with E-state index in [1.807, 2.05) is 34.9 Å². The molecule has 2 heterocycles. The Balaban J connectivity index is 2.05. The molecule has 116 valence electrons. The maximum Gasteiger partial charge on any atom is 0.328 e. The van der Waals surface area contributed by atoms with Crippen molar-refractivity contribution in [2.75, 3.05) is 0 Å². The van der Waals surface area contributed by atoms with Crippen molar-refractivity contribution < 1.29 is 9.90 Å². The number of halogens is 2. The standard InChI is InChI=1S/C17H12Cl2N2O2/c18-12-5-4-11(13(19)10-12)9-16-20-14(6-7-17(22)23)15-3-1-2-8-21(15)16/h1-8,10H,9H2,(H,22,23)/b7-6+. The van der Waals surface area contributed by atoms with Crippen LogP contribution in [-0.4, -0.2) is 20.5 Å². The maximum atomic E-state index is 10.7. The van der Waals surface area contributed by atoms with Gasteiger partial charge in [0.1, 0.15) is 5.82 Å². The van der Waals surface area contributed by atoms with Crippen LogP contribution in [0, 0.1) is 0 Å². The largest absolute Gasteiger partial charge is 0.478 e. The van der Waals surface area contributed by atoms with E-state index in [-0.39, 0.29) is 0 Å². The lowest BCUT2D eigenvalue weighted by atomic mass is 10.1. The number of aliphatic carboxylic acids is 1. The van der Waals surface area contributed by atoms with Crippen LogP contribution >= 0.6 is 23.2 Å². The molecule has 0 saturated carbocycles. The van der Waals surface area contributed by atoms with Crippen LogP contribution in [0.3, 0.4) is 0 Å². The van der Waals surface area contributed by atoms with E-state index in [4.69, 9.17) is 28.3 Å². The van der Waals surface area contributed by atoms with E-state index in [0.717, 1.165) is 23.0 Å². The van der Waals surface area contributed by atoms with Gasteiger partial charge in [0.2, 0.25) is 0 Å². The summed E-state index contributed by atoms with van der Waals surface area (Å²) in [6, 6.07) is 11.0. The van der Waals surface area contributed by atoms with Crippen molar-refractivity contribution in [1.82, 2.24) is 9.38 Å². The summed E-state index contributed by atoms with van der Waals surface area (Å²) in [5, 5.41) is 9.96. The number of benzene rings is 1. The molecule has 0 aliphatic carbocycles. The third kappa shape index (κ3) is 3.38. The van der Waals surface area contributed by atoms with Crippen LogP contribution in [-0.2, 0) is 11.2 Å². The van der Waals surface area contributed by atoms with Gasteiger partial charge < -0.3 is 9.51 Å². The molecule has 0 atom stereocenters. The van der Waals surface area contributed by atoms with Gasteiger partial charge in [0.15, 0.2) is 0 Å². The van der Waals surface area contributed by atoms with Crippen molar-refractivity contribution in [3.8, 4) is 0 Å². The minimum atomic E-state index is -1.01. The molecular weight excluding hydrogens is 335 g/mol. The average Bonchev–Trinajstić information content (AvgIpc) is 2.86. The van der Waals surface area contributed by atoms with Crippen LogP contribution in [0.1, 0.15) is 17.1 Å². The zero-order valence-corrected chi connectivity index (χ0v) is 13.4. The van der Waals surface area contributed by atoms with E-state index < -0.39 is 5.97 Å². The number of rotatable bonds is 4. The molecule has 3 aromatic rings. The zero-order valence-electron chi connectivity index (χ0n) is 11.9. The molecule has 0 amide bonds. The highest BCUT2D eigenvalue weighted by Gasteiger charge is 2.11. The second-order valence-electron chi connectivity index (χ2n) is 4.95. The number of fused-ring (bicyclic) bond motifs is 1. The number of carboxylic acid groups (broad SMARTS) is 1. The smallest absolute Gasteiger partial charge is 0.328 e. The van der Waals surface area contributed by atoms with Gasteiger partial charge in [-0.15, -0.1) is 0 Å². The minimum absolute atomic E-state index is 0.516. The molecule has 1 N–H and O–H groups in total. The van der Waals surface area contributed by atoms with Crippen molar-refractivity contribution in [1.29, 1.82) is 0 Å². The van der Waals surface area contributed by atoms with Crippen molar-refractivity contribution in [3.63, 3.8) is 0 Å². The zero-order chi connectivity index (χ0) is 16.4. The highest BCUT2D eigenvalue weighted by molar-refractivity contribution is 6.35. The Morgan fingerprint density at radius 2 is 2.09 bits per heavy atom. The molecule has 1 aromatic carbocycles. The molecule has 0 aliphatic heterocycles. The summed E-state index contributed by atoms with van der Waals surface area (Å²) in [6.07, 6.45) is 4.97. The number of carboxylic acids is 1. The summed E-state index contributed by atoms with van der Waals surface area (Å²) in [5.74, 6) is -0.237. The molecule has 23 heavy (non-hydrogen) atoms. The van der Waals surface area contributed by atoms with Crippen LogP contribution < -0.4 is 0 Å². The van der Waals surface area contributed by atoms with E-state index in [2.05, 4.69) is 4.98 Å². The molecule has 0 fully saturated rings. The summed E-state index contributed by atoms with van der Waals surface area (Å²) < 4.78 is 1.92. The Bertz CT molecular complexity index is 916. The fourth-order valence-corrected chi connectivity index (χ4v) is 2.84. The van der Waals surface area contributed by atoms with E-state index in [0.29, 0.717) is 22.2 Å². The number of hydrogen-bond acceptors (Lipinski definition) is 2. The summed E-state index contributed by atoms with van der Waals surface area (Å²) in [7, 11) is 0. The lowest BCUT2D eigenvalue weighted by Gasteiger charge is -2.04. The van der Waals surface area contributed by atoms with Gasteiger partial charge in [-0.05, 0) is 35.9 Å². The Morgan fingerprint density at radius 1 is 1.26 bits per heavy atom. The second kappa shape index (κ2) is 6.44. The molecule has 0 saturated heterocycles. The third-order valence-corrected chi connectivity index (χ3v) is 3.98. The molecule has 0 bridgehead atoms. The van der Waals surface area contributed by atoms with E-state index in [9.17, 15) is 4.79 Å². The average molecular weight is 347 g/mol. The minimum Gasteiger partial charge on any atom is -0.478 e. The predicted molar refractivity (Wildman–Crippen MR) is 91.1 cm³/mol. The predicted octanol–water partition coefficient (Wildman–Crippen LogP) is 4.33. The lowest BCUT2D eigenvalue weighted by Crippen LogP contribution is -1.96. The highest BCUT2D eigenvalue weighted by Crippen LogP contribution is 2.24. The third-order valence-electron chi connectivity index (χ3n) is 3.40. The van der Waals surface area contributed by atoms with Gasteiger partial charge in [0.05, 0.1) is 11.2 Å². The van der Waals surface area contributed by atoms with Gasteiger partial charge >= 0.3 is 5.97 Å². The normalized spacial score (nSPS) is 11.4. The second-order valence-corrected chi connectivity index (χ2v) is 5.80. The molecule has 3 rings (SSSR count). The summed E-state index contributed by atoms with van der Waals surface area (Å²) in [4.78, 5) is 15.3. The highest BCUT2D eigenvalue weighted by atomic mass is 35.5. The Labute approximate surface area is 142 Å². The fraction of sp³-hybridized carbons (Fsp3) is 0.0588. The quantitative estimate of drug-likeness (QED) is 0.715. The SMILES string of the molecule is O=C(O)/C=C/c1nc(Cc2ccc(Cl)cc2Cl)n2ccccc12. The maximum absolute atomic E-state index is 10.7. The van der Waals surface area contributed by atoms with Gasteiger partial charge in [0, 0.05) is 28.7 Å². The van der Waals surface area contributed by atoms with Crippen LogP contribution in [0.5, 0.6) is 0 Å². The van der Waals surface area contributed by atoms with E-state index in [1.165, 1.54) is 6.08 Å². The first-order valence-electron chi connectivity index (χ1n) is 6.85. The molecule has 0 aliphatic rings. The Kier molecular flexibility index (Phi) is 4.37.